The van der Waals surface area contributed by atoms with Gasteiger partial charge in [-0.2, -0.15) is 4.73 Å². The van der Waals surface area contributed by atoms with E-state index >= 15 is 0 Å². The second kappa shape index (κ2) is 5.77. The Bertz CT molecular complexity index is 1070. The normalized spacial score (nSPS) is 11.7. The van der Waals surface area contributed by atoms with E-state index in [-0.39, 0.29) is 5.41 Å². The van der Waals surface area contributed by atoms with Crippen molar-refractivity contribution in [1.29, 1.82) is 0 Å². The van der Waals surface area contributed by atoms with E-state index in [4.69, 9.17) is 4.74 Å². The molecule has 2 aromatic heterocycles. The first-order valence-electron chi connectivity index (χ1n) is 7.80. The molecule has 0 amide bonds. The number of nitrogens with zero attached hydrogens (tertiary/aromatic N) is 2. The third kappa shape index (κ3) is 2.77. The Morgan fingerprint density at radius 3 is 2.56 bits per heavy atom. The van der Waals surface area contributed by atoms with Gasteiger partial charge in [-0.25, -0.2) is 4.79 Å². The summed E-state index contributed by atoms with van der Waals surface area (Å²) in [4.78, 5) is 25.9. The summed E-state index contributed by atoms with van der Waals surface area (Å²) in [5.41, 5.74) is 0.251. The van der Waals surface area contributed by atoms with E-state index in [2.05, 4.69) is 4.98 Å². The van der Waals surface area contributed by atoms with E-state index in [0.717, 1.165) is 10.3 Å². The summed E-state index contributed by atoms with van der Waals surface area (Å²) in [7, 11) is 1.52. The van der Waals surface area contributed by atoms with Crippen molar-refractivity contribution in [2.45, 2.75) is 26.2 Å². The maximum Gasteiger partial charge on any atom is 0.332 e. The number of methoxy groups -OCH3 is 1. The van der Waals surface area contributed by atoms with Crippen LogP contribution in [-0.4, -0.2) is 16.7 Å². The first-order chi connectivity index (χ1) is 11.7. The molecule has 25 heavy (non-hydrogen) atoms. The monoisotopic (exact) mass is 341 g/mol. The summed E-state index contributed by atoms with van der Waals surface area (Å²) < 4.78 is 7.58. The van der Waals surface area contributed by atoms with Crippen LogP contribution in [0.5, 0.6) is 5.75 Å². The van der Waals surface area contributed by atoms with Gasteiger partial charge in [0.25, 0.3) is 11.1 Å². The molecule has 130 valence electrons. The molecule has 0 atom stereocenters. The molecule has 0 unspecified atom stereocenters. The van der Waals surface area contributed by atoms with Crippen LogP contribution in [0.3, 0.4) is 0 Å². The predicted molar refractivity (Wildman–Crippen MR) is 94.4 cm³/mol. The minimum atomic E-state index is -0.569. The van der Waals surface area contributed by atoms with Gasteiger partial charge in [-0.3, -0.25) is 14.3 Å². The van der Waals surface area contributed by atoms with E-state index in [1.54, 1.807) is 12.1 Å². The standard InChI is InChI=1S/C18H19N3O4/c1-18(2,3)12-10-13(20-9-7-14(22)19-17(20)23)11-6-5-8-21(24)15(11)16(12)25-4/h5-10H,1-4H3,(H,19,22,23). The van der Waals surface area contributed by atoms with Gasteiger partial charge in [0, 0.05) is 23.9 Å². The van der Waals surface area contributed by atoms with Gasteiger partial charge in [-0.15, -0.1) is 0 Å². The Morgan fingerprint density at radius 1 is 1.24 bits per heavy atom. The topological polar surface area (TPSA) is 91.0 Å². The van der Waals surface area contributed by atoms with Gasteiger partial charge in [0.1, 0.15) is 0 Å². The average Bonchev–Trinajstić information content (AvgIpc) is 2.53. The molecule has 0 radical (unpaired) electrons. The smallest absolute Gasteiger partial charge is 0.332 e. The van der Waals surface area contributed by atoms with Crippen molar-refractivity contribution in [2.24, 2.45) is 0 Å². The van der Waals surface area contributed by atoms with E-state index in [1.165, 1.54) is 30.1 Å². The van der Waals surface area contributed by atoms with Crippen molar-refractivity contribution in [1.82, 2.24) is 9.55 Å². The zero-order chi connectivity index (χ0) is 18.4. The van der Waals surface area contributed by atoms with Gasteiger partial charge < -0.3 is 9.94 Å². The fraction of sp³-hybridized carbons (Fsp3) is 0.278. The Balaban J connectivity index is 2.54. The van der Waals surface area contributed by atoms with Gasteiger partial charge >= 0.3 is 5.69 Å². The molecule has 3 rings (SSSR count). The molecular weight excluding hydrogens is 322 g/mol. The fourth-order valence-corrected chi connectivity index (χ4v) is 2.90. The molecule has 0 aliphatic rings. The van der Waals surface area contributed by atoms with Crippen LogP contribution in [0, 0.1) is 5.21 Å². The number of H-pyrrole nitrogens is 1. The van der Waals surface area contributed by atoms with Gasteiger partial charge in [-0.05, 0) is 17.5 Å². The van der Waals surface area contributed by atoms with Gasteiger partial charge in [0.05, 0.1) is 18.2 Å². The summed E-state index contributed by atoms with van der Waals surface area (Å²) in [6, 6.07) is 6.43. The van der Waals surface area contributed by atoms with Crippen molar-refractivity contribution in [3.8, 4) is 11.4 Å². The quantitative estimate of drug-likeness (QED) is 0.566. The van der Waals surface area contributed by atoms with Crippen LogP contribution >= 0.6 is 0 Å². The van der Waals surface area contributed by atoms with E-state index < -0.39 is 11.2 Å². The lowest BCUT2D eigenvalue weighted by Crippen LogP contribution is -2.31. The lowest BCUT2D eigenvalue weighted by molar-refractivity contribution is -0.577. The summed E-state index contributed by atoms with van der Waals surface area (Å²) >= 11 is 0. The molecule has 2 heterocycles. The average molecular weight is 341 g/mol. The summed E-state index contributed by atoms with van der Waals surface area (Å²) in [5.74, 6) is 0.472. The highest BCUT2D eigenvalue weighted by atomic mass is 16.5. The van der Waals surface area contributed by atoms with Gasteiger partial charge in [0.2, 0.25) is 0 Å². The highest BCUT2D eigenvalue weighted by Crippen LogP contribution is 2.38. The number of pyridine rings is 1. The number of hydrogen-bond acceptors (Lipinski definition) is 4. The minimum Gasteiger partial charge on any atom is -0.618 e. The summed E-state index contributed by atoms with van der Waals surface area (Å²) in [6.07, 6.45) is 2.79. The lowest BCUT2D eigenvalue weighted by Gasteiger charge is -2.24. The number of aromatic nitrogens is 3. The zero-order valence-corrected chi connectivity index (χ0v) is 14.5. The molecule has 0 fully saturated rings. The Kier molecular flexibility index (Phi) is 3.87. The number of ether oxygens (including phenoxy) is 1. The highest BCUT2D eigenvalue weighted by molar-refractivity contribution is 5.91. The largest absolute Gasteiger partial charge is 0.618 e. The number of aromatic amines is 1. The number of benzene rings is 1. The molecule has 3 aromatic rings. The zero-order valence-electron chi connectivity index (χ0n) is 14.5. The van der Waals surface area contributed by atoms with Crippen molar-refractivity contribution >= 4 is 10.9 Å². The molecule has 7 nitrogen and oxygen atoms in total. The second-order valence-electron chi connectivity index (χ2n) is 6.80. The third-order valence-electron chi connectivity index (χ3n) is 4.07. The number of rotatable bonds is 2. The Hall–Kier alpha value is -3.09. The van der Waals surface area contributed by atoms with E-state index in [9.17, 15) is 14.8 Å². The summed E-state index contributed by atoms with van der Waals surface area (Å²) in [6.45, 7) is 5.98. The number of hydrogen-bond donors (Lipinski definition) is 1. The Morgan fingerprint density at radius 2 is 1.96 bits per heavy atom. The van der Waals surface area contributed by atoms with Gasteiger partial charge in [0.15, 0.2) is 11.9 Å². The molecule has 7 heteroatoms. The van der Waals surface area contributed by atoms with Crippen molar-refractivity contribution in [3.05, 3.63) is 68.3 Å². The second-order valence-corrected chi connectivity index (χ2v) is 6.80. The molecule has 1 N–H and O–H groups in total. The van der Waals surface area contributed by atoms with E-state index in [0.29, 0.717) is 22.3 Å². The highest BCUT2D eigenvalue weighted by Gasteiger charge is 2.27. The van der Waals surface area contributed by atoms with Crippen LogP contribution in [0.1, 0.15) is 26.3 Å². The van der Waals surface area contributed by atoms with Gasteiger partial charge in [-0.1, -0.05) is 20.8 Å². The molecular formula is C18H19N3O4. The molecule has 0 bridgehead atoms. The van der Waals surface area contributed by atoms with E-state index in [1.807, 2.05) is 26.8 Å². The molecule has 1 aromatic carbocycles. The maximum absolute atomic E-state index is 12.5. The number of fused-ring (bicyclic) bond motifs is 1. The molecule has 0 aliphatic heterocycles. The Labute approximate surface area is 143 Å². The molecule has 0 spiro atoms. The first kappa shape index (κ1) is 16.8. The summed E-state index contributed by atoms with van der Waals surface area (Å²) in [5, 5.41) is 13.0. The lowest BCUT2D eigenvalue weighted by atomic mass is 9.85. The minimum absolute atomic E-state index is 0.330. The fourth-order valence-electron chi connectivity index (χ4n) is 2.90. The molecule has 0 saturated heterocycles. The first-order valence-corrected chi connectivity index (χ1v) is 7.80. The van der Waals surface area contributed by atoms with Crippen molar-refractivity contribution < 1.29 is 9.47 Å². The number of nitrogens with one attached hydrogen (secondary N) is 1. The van der Waals surface area contributed by atoms with Crippen LogP contribution in [0.2, 0.25) is 0 Å². The van der Waals surface area contributed by atoms with Crippen LogP contribution in [0.4, 0.5) is 0 Å². The third-order valence-corrected chi connectivity index (χ3v) is 4.07. The predicted octanol–water partition coefficient (Wildman–Crippen LogP) is 1.62. The maximum atomic E-state index is 12.5. The van der Waals surface area contributed by atoms with Crippen molar-refractivity contribution in [3.63, 3.8) is 0 Å². The SMILES string of the molecule is COc1c(C(C)(C)C)cc(-n2ccc(=O)[nH]c2=O)c2ccc[n+]([O-])c12. The van der Waals surface area contributed by atoms with Crippen LogP contribution in [0.25, 0.3) is 16.6 Å². The van der Waals surface area contributed by atoms with Crippen molar-refractivity contribution in [2.75, 3.05) is 7.11 Å². The van der Waals surface area contributed by atoms with Crippen LogP contribution < -0.4 is 20.7 Å². The molecule has 0 saturated carbocycles. The van der Waals surface area contributed by atoms with Crippen LogP contribution in [0.15, 0.2) is 46.2 Å². The van der Waals surface area contributed by atoms with Crippen LogP contribution in [-0.2, 0) is 5.41 Å². The molecule has 0 aliphatic carbocycles.